The van der Waals surface area contributed by atoms with Crippen molar-refractivity contribution in [2.24, 2.45) is 0 Å². The molecule has 0 amide bonds. The maximum atomic E-state index is 12.2. The number of aliphatic hydroxyl groups excluding tert-OH is 1. The Hall–Kier alpha value is -3.18. The lowest BCUT2D eigenvalue weighted by Crippen LogP contribution is -2.28. The Morgan fingerprint density at radius 3 is 1.18 bits per heavy atom. The van der Waals surface area contributed by atoms with Gasteiger partial charge < -0.3 is 14.6 Å². The number of carbonyl (C=O) groups excluding carboxylic acids is 2. The molecule has 0 aliphatic carbocycles. The Morgan fingerprint density at radius 1 is 0.436 bits per heavy atom. The number of rotatable bonds is 39. The van der Waals surface area contributed by atoms with Crippen LogP contribution in [0.2, 0.25) is 0 Å². The highest BCUT2D eigenvalue weighted by molar-refractivity contribution is 5.70. The highest BCUT2D eigenvalue weighted by atomic mass is 16.6. The van der Waals surface area contributed by atoms with Crippen molar-refractivity contribution in [3.05, 3.63) is 97.2 Å². The van der Waals surface area contributed by atoms with Crippen LogP contribution in [-0.4, -0.2) is 36.4 Å². The van der Waals surface area contributed by atoms with Gasteiger partial charge in [-0.2, -0.15) is 0 Å². The number of hydrogen-bond donors (Lipinski definition) is 1. The molecule has 5 nitrogen and oxygen atoms in total. The number of carbonyl (C=O) groups is 2. The summed E-state index contributed by atoms with van der Waals surface area (Å²) in [6.45, 7) is 3.99. The van der Waals surface area contributed by atoms with E-state index >= 15 is 0 Å². The van der Waals surface area contributed by atoms with Crippen LogP contribution in [0.1, 0.15) is 187 Å². The molecule has 0 heterocycles. The van der Waals surface area contributed by atoms with E-state index in [4.69, 9.17) is 9.47 Å². The Labute approximate surface area is 338 Å². The van der Waals surface area contributed by atoms with E-state index in [1.54, 1.807) is 0 Å². The van der Waals surface area contributed by atoms with Gasteiger partial charge >= 0.3 is 11.9 Å². The first-order chi connectivity index (χ1) is 27.1. The quantitative estimate of drug-likeness (QED) is 0.0383. The summed E-state index contributed by atoms with van der Waals surface area (Å²) in [5, 5.41) is 9.57. The van der Waals surface area contributed by atoms with Gasteiger partial charge in [-0.3, -0.25) is 9.59 Å². The van der Waals surface area contributed by atoms with E-state index in [1.165, 1.54) is 57.8 Å². The van der Waals surface area contributed by atoms with Gasteiger partial charge in [0.25, 0.3) is 0 Å². The minimum Gasteiger partial charge on any atom is -0.462 e. The summed E-state index contributed by atoms with van der Waals surface area (Å²) in [7, 11) is 0. The number of allylic oxidation sites excluding steroid dienone is 16. The molecule has 1 atom stereocenters. The molecule has 0 spiro atoms. The molecule has 1 N–H and O–H groups in total. The van der Waals surface area contributed by atoms with Crippen molar-refractivity contribution in [1.29, 1.82) is 0 Å². The molecule has 0 saturated heterocycles. The molecule has 0 bridgehead atoms. The van der Waals surface area contributed by atoms with Gasteiger partial charge in [-0.25, -0.2) is 0 Å². The lowest BCUT2D eigenvalue weighted by atomic mass is 10.0. The molecule has 1 unspecified atom stereocenters. The molecule has 312 valence electrons. The van der Waals surface area contributed by atoms with Crippen LogP contribution in [0.3, 0.4) is 0 Å². The van der Waals surface area contributed by atoms with Gasteiger partial charge in [0.05, 0.1) is 6.61 Å². The fourth-order valence-electron chi connectivity index (χ4n) is 5.80. The third-order valence-electron chi connectivity index (χ3n) is 9.14. The zero-order chi connectivity index (χ0) is 40.0. The average Bonchev–Trinajstić information content (AvgIpc) is 3.19. The second kappa shape index (κ2) is 45.2. The molecular formula is C50H82O5. The number of unbranched alkanes of at least 4 members (excludes halogenated alkanes) is 15. The van der Waals surface area contributed by atoms with Crippen molar-refractivity contribution in [3.8, 4) is 0 Å². The van der Waals surface area contributed by atoms with Crippen molar-refractivity contribution < 1.29 is 24.2 Å². The maximum Gasteiger partial charge on any atom is 0.306 e. The van der Waals surface area contributed by atoms with Gasteiger partial charge in [0.1, 0.15) is 6.61 Å². The van der Waals surface area contributed by atoms with Gasteiger partial charge in [0, 0.05) is 12.8 Å². The van der Waals surface area contributed by atoms with Crippen molar-refractivity contribution in [2.75, 3.05) is 13.2 Å². The Bertz CT molecular complexity index is 1090. The molecule has 0 aromatic heterocycles. The Balaban J connectivity index is 3.67. The molecule has 0 aromatic rings. The van der Waals surface area contributed by atoms with E-state index < -0.39 is 6.10 Å². The molecule has 55 heavy (non-hydrogen) atoms. The average molecular weight is 763 g/mol. The number of hydrogen-bond acceptors (Lipinski definition) is 5. The molecule has 5 heteroatoms. The van der Waals surface area contributed by atoms with E-state index in [0.717, 1.165) is 103 Å². The highest BCUT2D eigenvalue weighted by Gasteiger charge is 2.16. The van der Waals surface area contributed by atoms with Crippen LogP contribution in [0.5, 0.6) is 0 Å². The molecule has 0 saturated carbocycles. The number of esters is 2. The largest absolute Gasteiger partial charge is 0.462 e. The third kappa shape index (κ3) is 43.4. The first-order valence-corrected chi connectivity index (χ1v) is 22.3. The third-order valence-corrected chi connectivity index (χ3v) is 9.14. The standard InChI is InChI=1S/C50H82O5/c1-3-5-7-9-11-13-15-17-18-19-20-21-22-23-24-25-26-27-28-29-30-31-32-33-35-37-39-41-43-45-50(53)55-48(46-51)47-54-49(52)44-42-40-38-36-34-16-14-12-10-8-6-4-2/h5,7,11,13,17-18,20-21,23-24,26-27,29-30,32-33,48,51H,3-4,6,8-10,12,14-16,19,22,25,28,31,34-47H2,1-2H3/b7-5-,13-11-,18-17-,21-20-,24-23-,27-26-,30-29-,33-32-. The second-order valence-corrected chi connectivity index (χ2v) is 14.4. The summed E-state index contributed by atoms with van der Waals surface area (Å²) >= 11 is 0. The topological polar surface area (TPSA) is 72.8 Å². The summed E-state index contributed by atoms with van der Waals surface area (Å²) in [6.07, 6.45) is 63.4. The summed E-state index contributed by atoms with van der Waals surface area (Å²) in [5.41, 5.74) is 0. The van der Waals surface area contributed by atoms with Gasteiger partial charge in [0.15, 0.2) is 6.10 Å². The van der Waals surface area contributed by atoms with Gasteiger partial charge in [-0.05, 0) is 77.0 Å². The predicted molar refractivity (Wildman–Crippen MR) is 237 cm³/mol. The first kappa shape index (κ1) is 51.8. The van der Waals surface area contributed by atoms with E-state index in [2.05, 4.69) is 111 Å². The lowest BCUT2D eigenvalue weighted by Gasteiger charge is -2.15. The van der Waals surface area contributed by atoms with Gasteiger partial charge in [-0.1, -0.05) is 195 Å². The van der Waals surface area contributed by atoms with E-state index in [-0.39, 0.29) is 25.2 Å². The predicted octanol–water partition coefficient (Wildman–Crippen LogP) is 14.5. The van der Waals surface area contributed by atoms with Crippen LogP contribution < -0.4 is 0 Å². The van der Waals surface area contributed by atoms with Crippen LogP contribution in [-0.2, 0) is 19.1 Å². The van der Waals surface area contributed by atoms with Crippen LogP contribution in [0, 0.1) is 0 Å². The Morgan fingerprint density at radius 2 is 0.782 bits per heavy atom. The normalized spacial score (nSPS) is 13.1. The number of aliphatic hydroxyl groups is 1. The SMILES string of the molecule is CC/C=C\C/C=C\C/C=C\C/C=C\C/C=C\C/C=C\C/C=C\C/C=C\CCCCCCC(=O)OC(CO)COC(=O)CCCCCCCCCCCCCC. The Kier molecular flexibility index (Phi) is 42.6. The van der Waals surface area contributed by atoms with Crippen LogP contribution in [0.15, 0.2) is 97.2 Å². The molecule has 0 rings (SSSR count). The van der Waals surface area contributed by atoms with Crippen molar-refractivity contribution in [1.82, 2.24) is 0 Å². The fraction of sp³-hybridized carbons (Fsp3) is 0.640. The molecule has 0 aromatic carbocycles. The van der Waals surface area contributed by atoms with Gasteiger partial charge in [-0.15, -0.1) is 0 Å². The molecular weight excluding hydrogens is 681 g/mol. The van der Waals surface area contributed by atoms with Crippen molar-refractivity contribution in [2.45, 2.75) is 193 Å². The van der Waals surface area contributed by atoms with E-state index in [9.17, 15) is 14.7 Å². The summed E-state index contributed by atoms with van der Waals surface area (Å²) in [4.78, 5) is 24.3. The molecule has 0 aliphatic rings. The zero-order valence-electron chi connectivity index (χ0n) is 35.4. The minimum absolute atomic E-state index is 0.0800. The molecule has 0 aliphatic heterocycles. The first-order valence-electron chi connectivity index (χ1n) is 22.3. The van der Waals surface area contributed by atoms with Crippen LogP contribution in [0.4, 0.5) is 0 Å². The summed E-state index contributed by atoms with van der Waals surface area (Å²) < 4.78 is 10.6. The summed E-state index contributed by atoms with van der Waals surface area (Å²) in [5.74, 6) is -0.626. The minimum atomic E-state index is -0.789. The van der Waals surface area contributed by atoms with Crippen LogP contribution in [0.25, 0.3) is 0 Å². The van der Waals surface area contributed by atoms with Crippen LogP contribution >= 0.6 is 0 Å². The van der Waals surface area contributed by atoms with E-state index in [1.807, 2.05) is 0 Å². The van der Waals surface area contributed by atoms with Crippen molar-refractivity contribution >= 4 is 11.9 Å². The molecule has 0 radical (unpaired) electrons. The number of ether oxygens (including phenoxy) is 2. The zero-order valence-corrected chi connectivity index (χ0v) is 35.4. The highest BCUT2D eigenvalue weighted by Crippen LogP contribution is 2.13. The lowest BCUT2D eigenvalue weighted by molar-refractivity contribution is -0.161. The maximum absolute atomic E-state index is 12.2. The van der Waals surface area contributed by atoms with E-state index in [0.29, 0.717) is 12.8 Å². The fourth-order valence-corrected chi connectivity index (χ4v) is 5.80. The smallest absolute Gasteiger partial charge is 0.306 e. The summed E-state index contributed by atoms with van der Waals surface area (Å²) in [6, 6.07) is 0. The van der Waals surface area contributed by atoms with Gasteiger partial charge in [0.2, 0.25) is 0 Å². The van der Waals surface area contributed by atoms with Crippen molar-refractivity contribution in [3.63, 3.8) is 0 Å². The second-order valence-electron chi connectivity index (χ2n) is 14.4. The monoisotopic (exact) mass is 763 g/mol. The molecule has 0 fully saturated rings.